The van der Waals surface area contributed by atoms with Crippen LogP contribution in [0.1, 0.15) is 24.2 Å². The minimum atomic E-state index is -3.74. The summed E-state index contributed by atoms with van der Waals surface area (Å²) in [5, 5.41) is 0. The molecule has 0 bridgehead atoms. The summed E-state index contributed by atoms with van der Waals surface area (Å²) in [4.78, 5) is 14.1. The van der Waals surface area contributed by atoms with Gasteiger partial charge in [-0.05, 0) is 24.1 Å². The van der Waals surface area contributed by atoms with E-state index in [0.717, 1.165) is 0 Å². The van der Waals surface area contributed by atoms with Crippen molar-refractivity contribution in [3.63, 3.8) is 0 Å². The van der Waals surface area contributed by atoms with Crippen molar-refractivity contribution in [1.82, 2.24) is 14.6 Å². The Morgan fingerprint density at radius 1 is 1.19 bits per heavy atom. The molecule has 1 aliphatic rings. The number of carbonyl (C=O) groups is 1. The van der Waals surface area contributed by atoms with Crippen molar-refractivity contribution < 1.29 is 26.4 Å². The number of hydrogen-bond donors (Lipinski definition) is 2. The molecule has 0 spiro atoms. The molecule has 0 atom stereocenters. The van der Waals surface area contributed by atoms with Gasteiger partial charge in [0.2, 0.25) is 20.0 Å². The van der Waals surface area contributed by atoms with Gasteiger partial charge in [0.15, 0.2) is 0 Å². The Morgan fingerprint density at radius 2 is 1.85 bits per heavy atom. The first-order valence-corrected chi connectivity index (χ1v) is 11.2. The second-order valence-electron chi connectivity index (χ2n) is 6.28. The van der Waals surface area contributed by atoms with Crippen molar-refractivity contribution in [2.45, 2.75) is 18.7 Å². The Labute approximate surface area is 153 Å². The van der Waals surface area contributed by atoms with Gasteiger partial charge in [-0.15, -0.1) is 4.83 Å². The van der Waals surface area contributed by atoms with Gasteiger partial charge < -0.3 is 4.74 Å². The van der Waals surface area contributed by atoms with Gasteiger partial charge in [0.05, 0.1) is 23.9 Å². The quantitative estimate of drug-likeness (QED) is 0.612. The molecule has 1 saturated heterocycles. The zero-order chi connectivity index (χ0) is 19.4. The molecule has 0 radical (unpaired) electrons. The van der Waals surface area contributed by atoms with Crippen molar-refractivity contribution in [3.05, 3.63) is 29.8 Å². The van der Waals surface area contributed by atoms with E-state index >= 15 is 0 Å². The first kappa shape index (κ1) is 20.8. The molecule has 1 aliphatic heterocycles. The minimum Gasteiger partial charge on any atom is -0.379 e. The summed E-state index contributed by atoms with van der Waals surface area (Å²) >= 11 is 0. The van der Waals surface area contributed by atoms with Gasteiger partial charge in [-0.2, -0.15) is 4.31 Å². The lowest BCUT2D eigenvalue weighted by atomic mass is 10.2. The molecule has 9 nitrogen and oxygen atoms in total. The normalized spacial score (nSPS) is 16.6. The fraction of sp³-hybridized carbons (Fsp3) is 0.533. The Kier molecular flexibility index (Phi) is 6.74. The number of carbonyl (C=O) groups excluding carboxylic acids is 1. The van der Waals surface area contributed by atoms with Crippen LogP contribution in [0.15, 0.2) is 29.2 Å². The fourth-order valence-electron chi connectivity index (χ4n) is 2.41. The lowest BCUT2D eigenvalue weighted by molar-refractivity contribution is 0.0730. The van der Waals surface area contributed by atoms with Gasteiger partial charge in [0, 0.05) is 18.7 Å². The zero-order valence-electron chi connectivity index (χ0n) is 14.6. The summed E-state index contributed by atoms with van der Waals surface area (Å²) < 4.78 is 55.2. The standard InChI is InChI=1S/C15H23N3O6S2/c1-12(2)11-25(20,21)17-16-15(19)13-4-3-5-14(10-13)26(22,23)18-6-8-24-9-7-18/h3-5,10,12,17H,6-9,11H2,1-2H3,(H,16,19). The van der Waals surface area contributed by atoms with Gasteiger partial charge in [0.1, 0.15) is 0 Å². The number of ether oxygens (including phenoxy) is 1. The molecular weight excluding hydrogens is 382 g/mol. The largest absolute Gasteiger partial charge is 0.379 e. The van der Waals surface area contributed by atoms with Crippen molar-refractivity contribution >= 4 is 26.0 Å². The highest BCUT2D eigenvalue weighted by Crippen LogP contribution is 2.18. The van der Waals surface area contributed by atoms with Crippen LogP contribution in [0.3, 0.4) is 0 Å². The lowest BCUT2D eigenvalue weighted by Gasteiger charge is -2.26. The van der Waals surface area contributed by atoms with Crippen LogP contribution in [0.25, 0.3) is 0 Å². The van der Waals surface area contributed by atoms with Gasteiger partial charge >= 0.3 is 0 Å². The molecule has 0 aliphatic carbocycles. The summed E-state index contributed by atoms with van der Waals surface area (Å²) in [6, 6.07) is 5.46. The van der Waals surface area contributed by atoms with Gasteiger partial charge in [0.25, 0.3) is 5.91 Å². The van der Waals surface area contributed by atoms with E-state index in [1.54, 1.807) is 13.8 Å². The number of nitrogens with one attached hydrogen (secondary N) is 2. The molecule has 1 heterocycles. The highest BCUT2D eigenvalue weighted by atomic mass is 32.2. The minimum absolute atomic E-state index is 0.0305. The third kappa shape index (κ3) is 5.48. The van der Waals surface area contributed by atoms with E-state index in [0.29, 0.717) is 13.2 Å². The number of hydrogen-bond acceptors (Lipinski definition) is 6. The van der Waals surface area contributed by atoms with Crippen LogP contribution in [0, 0.1) is 5.92 Å². The van der Waals surface area contributed by atoms with E-state index in [-0.39, 0.29) is 35.2 Å². The second-order valence-corrected chi connectivity index (χ2v) is 9.98. The highest BCUT2D eigenvalue weighted by Gasteiger charge is 2.27. The number of nitrogens with zero attached hydrogens (tertiary/aromatic N) is 1. The Hall–Kier alpha value is -1.53. The zero-order valence-corrected chi connectivity index (χ0v) is 16.3. The van der Waals surface area contributed by atoms with Crippen LogP contribution < -0.4 is 10.3 Å². The molecule has 11 heteroatoms. The first-order chi connectivity index (χ1) is 12.1. The first-order valence-electron chi connectivity index (χ1n) is 8.09. The molecule has 1 amide bonds. The summed E-state index contributed by atoms with van der Waals surface area (Å²) in [5.41, 5.74) is 2.13. The van der Waals surface area contributed by atoms with Crippen molar-refractivity contribution in [3.8, 4) is 0 Å². The maximum Gasteiger partial charge on any atom is 0.266 e. The SMILES string of the molecule is CC(C)CS(=O)(=O)NNC(=O)c1cccc(S(=O)(=O)N2CCOCC2)c1. The molecule has 1 aromatic carbocycles. The predicted octanol–water partition coefficient (Wildman–Crippen LogP) is -0.0723. The second kappa shape index (κ2) is 8.44. The van der Waals surface area contributed by atoms with Crippen LogP contribution in [0.2, 0.25) is 0 Å². The van der Waals surface area contributed by atoms with E-state index in [4.69, 9.17) is 4.74 Å². The number of morpholine rings is 1. The molecule has 2 rings (SSSR count). The summed E-state index contributed by atoms with van der Waals surface area (Å²) in [6.07, 6.45) is 0. The smallest absolute Gasteiger partial charge is 0.266 e. The molecule has 0 unspecified atom stereocenters. The maximum absolute atomic E-state index is 12.6. The number of sulfonamides is 2. The summed E-state index contributed by atoms with van der Waals surface area (Å²) in [6.45, 7) is 4.59. The average Bonchev–Trinajstić information content (AvgIpc) is 2.59. The van der Waals surface area contributed by atoms with Crippen LogP contribution >= 0.6 is 0 Å². The topological polar surface area (TPSA) is 122 Å². The molecule has 1 fully saturated rings. The molecule has 0 aromatic heterocycles. The maximum atomic E-state index is 12.6. The van der Waals surface area contributed by atoms with Crippen molar-refractivity contribution in [2.75, 3.05) is 32.1 Å². The van der Waals surface area contributed by atoms with E-state index in [9.17, 15) is 21.6 Å². The Balaban J connectivity index is 2.12. The third-order valence-corrected chi connectivity index (χ3v) is 6.99. The fourth-order valence-corrected chi connectivity index (χ4v) is 5.07. The lowest BCUT2D eigenvalue weighted by Crippen LogP contribution is -2.43. The highest BCUT2D eigenvalue weighted by molar-refractivity contribution is 7.89. The van der Waals surface area contributed by atoms with E-state index in [2.05, 4.69) is 5.43 Å². The van der Waals surface area contributed by atoms with Crippen molar-refractivity contribution in [2.24, 2.45) is 5.92 Å². The van der Waals surface area contributed by atoms with Gasteiger partial charge in [-0.1, -0.05) is 19.9 Å². The Morgan fingerprint density at radius 3 is 2.46 bits per heavy atom. The number of hydrazine groups is 1. The van der Waals surface area contributed by atoms with Crippen LogP contribution in [0.5, 0.6) is 0 Å². The molecule has 2 N–H and O–H groups in total. The summed E-state index contributed by atoms with van der Waals surface area (Å²) in [5.74, 6) is -0.985. The molecule has 26 heavy (non-hydrogen) atoms. The molecular formula is C15H23N3O6S2. The van der Waals surface area contributed by atoms with Crippen LogP contribution in [-0.4, -0.2) is 59.1 Å². The molecule has 146 valence electrons. The third-order valence-electron chi connectivity index (χ3n) is 3.58. The molecule has 0 saturated carbocycles. The van der Waals surface area contributed by atoms with Gasteiger partial charge in [-0.3, -0.25) is 10.2 Å². The summed E-state index contributed by atoms with van der Waals surface area (Å²) in [7, 11) is -7.40. The molecule has 1 aromatic rings. The average molecular weight is 405 g/mol. The van der Waals surface area contributed by atoms with Gasteiger partial charge in [-0.25, -0.2) is 16.8 Å². The van der Waals surface area contributed by atoms with Crippen LogP contribution in [0.4, 0.5) is 0 Å². The monoisotopic (exact) mass is 405 g/mol. The van der Waals surface area contributed by atoms with E-state index in [1.165, 1.54) is 28.6 Å². The van der Waals surface area contributed by atoms with E-state index in [1.807, 2.05) is 4.83 Å². The number of rotatable bonds is 7. The van der Waals surface area contributed by atoms with Crippen molar-refractivity contribution in [1.29, 1.82) is 0 Å². The predicted molar refractivity (Wildman–Crippen MR) is 95.2 cm³/mol. The number of benzene rings is 1. The number of amides is 1. The Bertz CT molecular complexity index is 846. The van der Waals surface area contributed by atoms with Crippen LogP contribution in [-0.2, 0) is 24.8 Å². The van der Waals surface area contributed by atoms with E-state index < -0.39 is 26.0 Å².